The zero-order chi connectivity index (χ0) is 25.0. The largest absolute Gasteiger partial charge is 0.494 e. The number of carbonyl (C=O) groups excluding carboxylic acids is 1. The van der Waals surface area contributed by atoms with Crippen LogP contribution in [0.4, 0.5) is 0 Å². The third-order valence-corrected chi connectivity index (χ3v) is 5.09. The van der Waals surface area contributed by atoms with Crippen LogP contribution in [0.3, 0.4) is 0 Å². The van der Waals surface area contributed by atoms with Crippen LogP contribution in [0, 0.1) is 11.3 Å². The van der Waals surface area contributed by atoms with Gasteiger partial charge in [-0.05, 0) is 61.4 Å². The minimum atomic E-state index is -0.351. The van der Waals surface area contributed by atoms with Gasteiger partial charge in [0.05, 0.1) is 36.1 Å². The Morgan fingerprint density at radius 2 is 1.86 bits per heavy atom. The molecule has 3 rings (SSSR count). The number of nitrogens with zero attached hydrogens (tertiary/aromatic N) is 2. The highest BCUT2D eigenvalue weighted by atomic mass is 35.5. The van der Waals surface area contributed by atoms with Crippen molar-refractivity contribution in [1.29, 1.82) is 5.26 Å². The van der Waals surface area contributed by atoms with Crippen LogP contribution in [0.5, 0.6) is 17.2 Å². The second-order valence-corrected chi connectivity index (χ2v) is 7.80. The highest BCUT2D eigenvalue weighted by Crippen LogP contribution is 2.37. The number of hydrazone groups is 1. The van der Waals surface area contributed by atoms with Crippen molar-refractivity contribution in [1.82, 2.24) is 5.43 Å². The van der Waals surface area contributed by atoms with Crippen LogP contribution >= 0.6 is 11.6 Å². The highest BCUT2D eigenvalue weighted by Gasteiger charge is 2.14. The topological polar surface area (TPSA) is 92.9 Å². The van der Waals surface area contributed by atoms with Crippen LogP contribution in [-0.2, 0) is 6.61 Å². The second kappa shape index (κ2) is 13.0. The van der Waals surface area contributed by atoms with Gasteiger partial charge in [0.15, 0.2) is 11.5 Å². The molecule has 0 atom stereocenters. The second-order valence-electron chi connectivity index (χ2n) is 7.39. The van der Waals surface area contributed by atoms with Crippen molar-refractivity contribution < 1.29 is 19.0 Å². The maximum atomic E-state index is 12.4. The molecule has 0 aromatic heterocycles. The number of nitriles is 1. The number of halogens is 1. The summed E-state index contributed by atoms with van der Waals surface area (Å²) < 4.78 is 17.1. The summed E-state index contributed by atoms with van der Waals surface area (Å²) in [4.78, 5) is 12.4. The third-order valence-electron chi connectivity index (χ3n) is 4.81. The van der Waals surface area contributed by atoms with Crippen molar-refractivity contribution in [2.24, 2.45) is 5.10 Å². The fraction of sp³-hybridized carbons (Fsp3) is 0.222. The molecular weight excluding hydrogens is 466 g/mol. The Morgan fingerprint density at radius 3 is 2.57 bits per heavy atom. The Balaban J connectivity index is 1.68. The van der Waals surface area contributed by atoms with Gasteiger partial charge in [-0.1, -0.05) is 36.7 Å². The average molecular weight is 492 g/mol. The SMILES string of the molecule is CCCOc1ccc(C(=O)N/N=C\c2cc(Cl)c(OCc3ccccc3C#N)c(OCC)c2)cc1. The molecule has 0 fully saturated rings. The quantitative estimate of drug-likeness (QED) is 0.272. The Morgan fingerprint density at radius 1 is 1.09 bits per heavy atom. The van der Waals surface area contributed by atoms with E-state index in [-0.39, 0.29) is 12.5 Å². The standard InChI is InChI=1S/C27H26ClN3O4/c1-3-13-34-23-11-9-20(10-12-23)27(32)31-30-17-19-14-24(28)26(25(15-19)33-4-2)35-18-22-8-6-5-7-21(22)16-29/h5-12,14-15,17H,3-4,13,18H2,1-2H3,(H,31,32)/b30-17-. The van der Waals surface area contributed by atoms with Gasteiger partial charge < -0.3 is 14.2 Å². The first-order chi connectivity index (χ1) is 17.0. The van der Waals surface area contributed by atoms with E-state index in [0.717, 1.165) is 12.0 Å². The number of hydrogen-bond donors (Lipinski definition) is 1. The number of amides is 1. The molecule has 0 saturated carbocycles. The lowest BCUT2D eigenvalue weighted by molar-refractivity contribution is 0.0955. The molecule has 0 aliphatic heterocycles. The van der Waals surface area contributed by atoms with E-state index in [0.29, 0.717) is 52.2 Å². The molecule has 180 valence electrons. The molecule has 35 heavy (non-hydrogen) atoms. The van der Waals surface area contributed by atoms with Gasteiger partial charge in [-0.15, -0.1) is 0 Å². The van der Waals surface area contributed by atoms with Crippen molar-refractivity contribution in [2.75, 3.05) is 13.2 Å². The Bertz CT molecular complexity index is 1220. The van der Waals surface area contributed by atoms with Crippen LogP contribution in [0.1, 0.15) is 47.3 Å². The van der Waals surface area contributed by atoms with Gasteiger partial charge >= 0.3 is 0 Å². The molecule has 0 aliphatic carbocycles. The summed E-state index contributed by atoms with van der Waals surface area (Å²) in [6.45, 7) is 5.06. The summed E-state index contributed by atoms with van der Waals surface area (Å²) in [7, 11) is 0. The van der Waals surface area contributed by atoms with Crippen LogP contribution in [0.2, 0.25) is 5.02 Å². The molecule has 1 amide bonds. The minimum Gasteiger partial charge on any atom is -0.494 e. The number of rotatable bonds is 11. The van der Waals surface area contributed by atoms with E-state index in [9.17, 15) is 10.1 Å². The molecule has 0 heterocycles. The summed E-state index contributed by atoms with van der Waals surface area (Å²) in [5.74, 6) is 1.16. The van der Waals surface area contributed by atoms with Gasteiger partial charge in [0.1, 0.15) is 12.4 Å². The highest BCUT2D eigenvalue weighted by molar-refractivity contribution is 6.32. The number of nitrogens with one attached hydrogen (secondary N) is 1. The number of ether oxygens (including phenoxy) is 3. The molecule has 3 aromatic carbocycles. The Kier molecular flexibility index (Phi) is 9.52. The number of benzene rings is 3. The lowest BCUT2D eigenvalue weighted by atomic mass is 10.1. The van der Waals surface area contributed by atoms with E-state index in [1.54, 1.807) is 48.5 Å². The van der Waals surface area contributed by atoms with Gasteiger partial charge in [0.25, 0.3) is 5.91 Å². The number of carbonyl (C=O) groups is 1. The summed E-state index contributed by atoms with van der Waals surface area (Å²) in [6, 6.07) is 19.6. The lowest BCUT2D eigenvalue weighted by Gasteiger charge is -2.15. The predicted molar refractivity (Wildman–Crippen MR) is 135 cm³/mol. The van der Waals surface area contributed by atoms with Crippen molar-refractivity contribution in [3.8, 4) is 23.3 Å². The van der Waals surface area contributed by atoms with Crippen LogP contribution < -0.4 is 19.6 Å². The van der Waals surface area contributed by atoms with Gasteiger partial charge in [0, 0.05) is 11.1 Å². The van der Waals surface area contributed by atoms with Crippen LogP contribution in [-0.4, -0.2) is 25.3 Å². The van der Waals surface area contributed by atoms with Crippen molar-refractivity contribution in [2.45, 2.75) is 26.9 Å². The molecular formula is C27H26ClN3O4. The first kappa shape index (κ1) is 25.6. The molecule has 0 unspecified atom stereocenters. The molecule has 0 radical (unpaired) electrons. The summed E-state index contributed by atoms with van der Waals surface area (Å²) in [6.07, 6.45) is 2.38. The van der Waals surface area contributed by atoms with Crippen molar-refractivity contribution >= 4 is 23.7 Å². The van der Waals surface area contributed by atoms with Gasteiger partial charge in [-0.3, -0.25) is 4.79 Å². The molecule has 0 saturated heterocycles. The maximum absolute atomic E-state index is 12.4. The van der Waals surface area contributed by atoms with Gasteiger partial charge in [-0.25, -0.2) is 5.43 Å². The molecule has 3 aromatic rings. The normalized spacial score (nSPS) is 10.6. The minimum absolute atomic E-state index is 0.162. The van der Waals surface area contributed by atoms with E-state index < -0.39 is 0 Å². The number of hydrogen-bond acceptors (Lipinski definition) is 6. The first-order valence-electron chi connectivity index (χ1n) is 11.2. The predicted octanol–water partition coefficient (Wildman–Crippen LogP) is 5.74. The fourth-order valence-corrected chi connectivity index (χ4v) is 3.40. The summed E-state index contributed by atoms with van der Waals surface area (Å²) in [5.41, 5.74) is 4.85. The van der Waals surface area contributed by atoms with E-state index in [1.807, 2.05) is 26.0 Å². The van der Waals surface area contributed by atoms with Crippen molar-refractivity contribution in [3.05, 3.63) is 87.9 Å². The van der Waals surface area contributed by atoms with Gasteiger partial charge in [-0.2, -0.15) is 10.4 Å². The molecule has 0 bridgehead atoms. The summed E-state index contributed by atoms with van der Waals surface area (Å²) >= 11 is 6.47. The average Bonchev–Trinajstić information content (AvgIpc) is 2.87. The third kappa shape index (κ3) is 7.23. The van der Waals surface area contributed by atoms with E-state index >= 15 is 0 Å². The molecule has 7 nitrogen and oxygen atoms in total. The van der Waals surface area contributed by atoms with Crippen LogP contribution in [0.25, 0.3) is 0 Å². The maximum Gasteiger partial charge on any atom is 0.271 e. The zero-order valence-electron chi connectivity index (χ0n) is 19.6. The Labute approximate surface area is 209 Å². The monoisotopic (exact) mass is 491 g/mol. The zero-order valence-corrected chi connectivity index (χ0v) is 20.3. The lowest BCUT2D eigenvalue weighted by Crippen LogP contribution is -2.17. The van der Waals surface area contributed by atoms with Crippen LogP contribution in [0.15, 0.2) is 65.8 Å². The molecule has 0 aliphatic rings. The Hall–Kier alpha value is -4.02. The van der Waals surface area contributed by atoms with Gasteiger partial charge in [0.2, 0.25) is 0 Å². The summed E-state index contributed by atoms with van der Waals surface area (Å²) in [5, 5.41) is 13.6. The smallest absolute Gasteiger partial charge is 0.271 e. The van der Waals surface area contributed by atoms with E-state index in [1.165, 1.54) is 6.21 Å². The van der Waals surface area contributed by atoms with Crippen molar-refractivity contribution in [3.63, 3.8) is 0 Å². The molecule has 8 heteroatoms. The molecule has 0 spiro atoms. The van der Waals surface area contributed by atoms with E-state index in [2.05, 4.69) is 16.6 Å². The van der Waals surface area contributed by atoms with E-state index in [4.69, 9.17) is 25.8 Å². The molecule has 1 N–H and O–H groups in total. The first-order valence-corrected chi connectivity index (χ1v) is 11.6. The fourth-order valence-electron chi connectivity index (χ4n) is 3.12.